The van der Waals surface area contributed by atoms with Crippen molar-refractivity contribution in [2.75, 3.05) is 13.1 Å². The molecule has 1 unspecified atom stereocenters. The maximum atomic E-state index is 12.2. The molecule has 1 N–H and O–H groups in total. The summed E-state index contributed by atoms with van der Waals surface area (Å²) >= 11 is 3.52. The first-order valence-corrected chi connectivity index (χ1v) is 8.64. The minimum atomic E-state index is -0.0849. The standard InChI is InChI=1S/C17H25BrN2O/c1-4-20(5-2)17(21)12(3)19-16-10-14(11-16)13-7-6-8-15(18)9-13/h6-9,12,14,16,19H,4-5,10-11H2,1-3H3. The number of nitrogens with zero attached hydrogens (tertiary/aromatic N) is 1. The minimum Gasteiger partial charge on any atom is -0.342 e. The van der Waals surface area contributed by atoms with E-state index in [1.807, 2.05) is 25.7 Å². The SMILES string of the molecule is CCN(CC)C(=O)C(C)NC1CC(c2cccc(Br)c2)C1. The number of likely N-dealkylation sites (N-methyl/N-ethyl adjacent to an activating group) is 1. The number of amides is 1. The van der Waals surface area contributed by atoms with Gasteiger partial charge in [0, 0.05) is 23.6 Å². The summed E-state index contributed by atoms with van der Waals surface area (Å²) in [5.74, 6) is 0.835. The fraction of sp³-hybridized carbons (Fsp3) is 0.588. The summed E-state index contributed by atoms with van der Waals surface area (Å²) in [5, 5.41) is 3.48. The molecule has 1 amide bonds. The molecule has 1 atom stereocenters. The molecule has 1 aromatic carbocycles. The third-order valence-electron chi connectivity index (χ3n) is 4.39. The number of carbonyl (C=O) groups is 1. The molecular weight excluding hydrogens is 328 g/mol. The molecule has 1 aliphatic carbocycles. The topological polar surface area (TPSA) is 32.3 Å². The molecule has 1 aliphatic rings. The maximum Gasteiger partial charge on any atom is 0.239 e. The summed E-state index contributed by atoms with van der Waals surface area (Å²) < 4.78 is 1.14. The molecule has 0 bridgehead atoms. The second-order valence-electron chi connectivity index (χ2n) is 5.82. The van der Waals surface area contributed by atoms with Gasteiger partial charge in [0.1, 0.15) is 0 Å². The van der Waals surface area contributed by atoms with Crippen LogP contribution in [0.15, 0.2) is 28.7 Å². The Morgan fingerprint density at radius 1 is 1.38 bits per heavy atom. The Balaban J connectivity index is 1.81. The zero-order valence-electron chi connectivity index (χ0n) is 13.1. The van der Waals surface area contributed by atoms with E-state index in [2.05, 4.69) is 45.5 Å². The van der Waals surface area contributed by atoms with Crippen LogP contribution >= 0.6 is 15.9 Å². The zero-order valence-corrected chi connectivity index (χ0v) is 14.7. The van der Waals surface area contributed by atoms with Crippen molar-refractivity contribution in [3.8, 4) is 0 Å². The number of rotatable bonds is 6. The lowest BCUT2D eigenvalue weighted by molar-refractivity contribution is -0.133. The Kier molecular flexibility index (Phi) is 5.82. The van der Waals surface area contributed by atoms with Crippen LogP contribution in [-0.2, 0) is 4.79 Å². The summed E-state index contributed by atoms with van der Waals surface area (Å²) in [6.07, 6.45) is 2.23. The van der Waals surface area contributed by atoms with Gasteiger partial charge < -0.3 is 10.2 Å². The molecule has 1 aromatic rings. The third kappa shape index (κ3) is 4.07. The van der Waals surface area contributed by atoms with Gasteiger partial charge in [0.15, 0.2) is 0 Å². The van der Waals surface area contributed by atoms with Crippen molar-refractivity contribution in [1.82, 2.24) is 10.2 Å². The van der Waals surface area contributed by atoms with E-state index in [4.69, 9.17) is 0 Å². The van der Waals surface area contributed by atoms with Gasteiger partial charge in [0.2, 0.25) is 5.91 Å². The first-order valence-electron chi connectivity index (χ1n) is 7.85. The van der Waals surface area contributed by atoms with Crippen LogP contribution in [0.2, 0.25) is 0 Å². The Hall–Kier alpha value is -0.870. The van der Waals surface area contributed by atoms with Crippen molar-refractivity contribution in [1.29, 1.82) is 0 Å². The van der Waals surface area contributed by atoms with Gasteiger partial charge in [-0.3, -0.25) is 4.79 Å². The highest BCUT2D eigenvalue weighted by Crippen LogP contribution is 2.37. The molecule has 1 saturated carbocycles. The van der Waals surface area contributed by atoms with Crippen molar-refractivity contribution in [2.45, 2.75) is 51.6 Å². The molecule has 0 saturated heterocycles. The van der Waals surface area contributed by atoms with E-state index in [0.717, 1.165) is 30.4 Å². The van der Waals surface area contributed by atoms with E-state index in [0.29, 0.717) is 12.0 Å². The van der Waals surface area contributed by atoms with Gasteiger partial charge in [-0.25, -0.2) is 0 Å². The van der Waals surface area contributed by atoms with Crippen molar-refractivity contribution in [2.24, 2.45) is 0 Å². The van der Waals surface area contributed by atoms with E-state index < -0.39 is 0 Å². The number of carbonyl (C=O) groups excluding carboxylic acids is 1. The lowest BCUT2D eigenvalue weighted by atomic mass is 9.75. The molecule has 0 heterocycles. The van der Waals surface area contributed by atoms with Crippen LogP contribution in [0.3, 0.4) is 0 Å². The fourth-order valence-electron chi connectivity index (χ4n) is 3.02. The molecule has 0 spiro atoms. The average Bonchev–Trinajstić information content (AvgIpc) is 2.43. The first-order chi connectivity index (χ1) is 10.0. The number of nitrogens with one attached hydrogen (secondary N) is 1. The third-order valence-corrected chi connectivity index (χ3v) is 4.88. The normalized spacial score (nSPS) is 22.5. The monoisotopic (exact) mass is 352 g/mol. The minimum absolute atomic E-state index is 0.0849. The van der Waals surface area contributed by atoms with Crippen LogP contribution in [0.4, 0.5) is 0 Å². The molecule has 116 valence electrons. The van der Waals surface area contributed by atoms with Gasteiger partial charge >= 0.3 is 0 Å². The smallest absolute Gasteiger partial charge is 0.239 e. The number of halogens is 1. The Bertz CT molecular complexity index is 481. The highest BCUT2D eigenvalue weighted by molar-refractivity contribution is 9.10. The van der Waals surface area contributed by atoms with Crippen LogP contribution in [0, 0.1) is 0 Å². The Morgan fingerprint density at radius 3 is 2.62 bits per heavy atom. The second kappa shape index (κ2) is 7.41. The summed E-state index contributed by atoms with van der Waals surface area (Å²) in [5.41, 5.74) is 1.39. The number of benzene rings is 1. The second-order valence-corrected chi connectivity index (χ2v) is 6.73. The van der Waals surface area contributed by atoms with Crippen molar-refractivity contribution in [3.63, 3.8) is 0 Å². The largest absolute Gasteiger partial charge is 0.342 e. The van der Waals surface area contributed by atoms with Crippen molar-refractivity contribution in [3.05, 3.63) is 34.3 Å². The summed E-state index contributed by atoms with van der Waals surface area (Å²) in [6.45, 7) is 7.61. The molecule has 0 radical (unpaired) electrons. The Labute approximate surface area is 136 Å². The molecule has 2 rings (SSSR count). The van der Waals surface area contributed by atoms with Gasteiger partial charge in [-0.05, 0) is 57.2 Å². The summed E-state index contributed by atoms with van der Waals surface area (Å²) in [6, 6.07) is 8.92. The molecule has 0 aromatic heterocycles. The molecule has 4 heteroatoms. The van der Waals surface area contributed by atoms with Gasteiger partial charge in [0.25, 0.3) is 0 Å². The van der Waals surface area contributed by atoms with Crippen LogP contribution in [0.1, 0.15) is 45.1 Å². The highest BCUT2D eigenvalue weighted by atomic mass is 79.9. The van der Waals surface area contributed by atoms with Gasteiger partial charge in [-0.2, -0.15) is 0 Å². The van der Waals surface area contributed by atoms with Gasteiger partial charge in [-0.15, -0.1) is 0 Å². The maximum absolute atomic E-state index is 12.2. The predicted molar refractivity (Wildman–Crippen MR) is 90.4 cm³/mol. The van der Waals surface area contributed by atoms with Gasteiger partial charge in [0.05, 0.1) is 6.04 Å². The fourth-order valence-corrected chi connectivity index (χ4v) is 3.44. The molecular formula is C17H25BrN2O. The highest BCUT2D eigenvalue weighted by Gasteiger charge is 2.32. The lowest BCUT2D eigenvalue weighted by Gasteiger charge is -2.38. The number of hydrogen-bond donors (Lipinski definition) is 1. The predicted octanol–water partition coefficient (Wildman–Crippen LogP) is 3.54. The van der Waals surface area contributed by atoms with Crippen LogP contribution in [-0.4, -0.2) is 36.0 Å². The van der Waals surface area contributed by atoms with E-state index >= 15 is 0 Å². The van der Waals surface area contributed by atoms with E-state index in [9.17, 15) is 4.79 Å². The van der Waals surface area contributed by atoms with Crippen molar-refractivity contribution < 1.29 is 4.79 Å². The summed E-state index contributed by atoms with van der Waals surface area (Å²) in [4.78, 5) is 14.1. The average molecular weight is 353 g/mol. The quantitative estimate of drug-likeness (QED) is 0.848. The molecule has 3 nitrogen and oxygen atoms in total. The van der Waals surface area contributed by atoms with Gasteiger partial charge in [-0.1, -0.05) is 28.1 Å². The van der Waals surface area contributed by atoms with E-state index in [-0.39, 0.29) is 11.9 Å². The first kappa shape index (κ1) is 16.5. The Morgan fingerprint density at radius 2 is 2.05 bits per heavy atom. The van der Waals surface area contributed by atoms with E-state index in [1.54, 1.807) is 0 Å². The van der Waals surface area contributed by atoms with Crippen molar-refractivity contribution >= 4 is 21.8 Å². The van der Waals surface area contributed by atoms with Crippen LogP contribution < -0.4 is 5.32 Å². The lowest BCUT2D eigenvalue weighted by Crippen LogP contribution is -2.51. The van der Waals surface area contributed by atoms with E-state index in [1.165, 1.54) is 5.56 Å². The van der Waals surface area contributed by atoms with Crippen LogP contribution in [0.25, 0.3) is 0 Å². The molecule has 21 heavy (non-hydrogen) atoms. The van der Waals surface area contributed by atoms with Crippen LogP contribution in [0.5, 0.6) is 0 Å². The number of hydrogen-bond acceptors (Lipinski definition) is 2. The zero-order chi connectivity index (χ0) is 15.4. The molecule has 1 fully saturated rings. The molecule has 0 aliphatic heterocycles. The summed E-state index contributed by atoms with van der Waals surface area (Å²) in [7, 11) is 0.